The van der Waals surface area contributed by atoms with Gasteiger partial charge < -0.3 is 10.0 Å². The second-order valence-electron chi connectivity index (χ2n) is 5.83. The van der Waals surface area contributed by atoms with Crippen LogP contribution >= 0.6 is 11.3 Å². The van der Waals surface area contributed by atoms with Crippen molar-refractivity contribution in [3.63, 3.8) is 0 Å². The molecule has 1 aromatic rings. The van der Waals surface area contributed by atoms with Crippen LogP contribution in [0.3, 0.4) is 0 Å². The van der Waals surface area contributed by atoms with E-state index in [-0.39, 0.29) is 18.4 Å². The molecule has 2 amide bonds. The van der Waals surface area contributed by atoms with Gasteiger partial charge in [-0.3, -0.25) is 10.1 Å². The van der Waals surface area contributed by atoms with Crippen LogP contribution in [0.5, 0.6) is 0 Å². The standard InChI is InChI=1S/C14H19N3O3S/c18-12(19)6-9-2-1-5-17(7-9)14(20)16-13-15-11(8-21-13)10-3-4-10/h8-10H,1-7H2,(H,18,19)(H,15,16,20). The van der Waals surface area contributed by atoms with Crippen molar-refractivity contribution < 1.29 is 14.7 Å². The number of thiazole rings is 1. The van der Waals surface area contributed by atoms with Crippen LogP contribution in [0.25, 0.3) is 0 Å². The number of nitrogens with zero attached hydrogens (tertiary/aromatic N) is 2. The zero-order valence-electron chi connectivity index (χ0n) is 11.7. The summed E-state index contributed by atoms with van der Waals surface area (Å²) in [5.74, 6) is -0.154. The van der Waals surface area contributed by atoms with Gasteiger partial charge in [-0.2, -0.15) is 0 Å². The first-order valence-corrected chi connectivity index (χ1v) is 8.23. The summed E-state index contributed by atoms with van der Waals surface area (Å²) in [6.45, 7) is 1.20. The van der Waals surface area contributed by atoms with Gasteiger partial charge in [-0.15, -0.1) is 11.3 Å². The number of aliphatic carboxylic acids is 1. The van der Waals surface area contributed by atoms with E-state index in [1.807, 2.05) is 5.38 Å². The molecule has 1 aromatic heterocycles. The lowest BCUT2D eigenvalue weighted by molar-refractivity contribution is -0.138. The number of hydrogen-bond acceptors (Lipinski definition) is 4. The number of nitrogens with one attached hydrogen (secondary N) is 1. The predicted molar refractivity (Wildman–Crippen MR) is 79.7 cm³/mol. The van der Waals surface area contributed by atoms with E-state index >= 15 is 0 Å². The Morgan fingerprint density at radius 3 is 2.95 bits per heavy atom. The number of rotatable bonds is 4. The van der Waals surface area contributed by atoms with E-state index in [4.69, 9.17) is 5.11 Å². The van der Waals surface area contributed by atoms with Gasteiger partial charge in [0, 0.05) is 30.8 Å². The lowest BCUT2D eigenvalue weighted by atomic mass is 9.95. The number of piperidine rings is 1. The Balaban J connectivity index is 1.54. The van der Waals surface area contributed by atoms with Gasteiger partial charge in [0.05, 0.1) is 5.69 Å². The summed E-state index contributed by atoms with van der Waals surface area (Å²) in [6, 6.07) is -0.165. The number of hydrogen-bond donors (Lipinski definition) is 2. The molecular weight excluding hydrogens is 290 g/mol. The Hall–Kier alpha value is -1.63. The largest absolute Gasteiger partial charge is 0.481 e. The van der Waals surface area contributed by atoms with Crippen molar-refractivity contribution in [1.29, 1.82) is 0 Å². The fourth-order valence-corrected chi connectivity index (χ4v) is 3.53. The molecule has 1 saturated heterocycles. The van der Waals surface area contributed by atoms with E-state index in [1.165, 1.54) is 24.2 Å². The van der Waals surface area contributed by atoms with Crippen molar-refractivity contribution in [1.82, 2.24) is 9.88 Å². The van der Waals surface area contributed by atoms with E-state index in [1.54, 1.807) is 4.90 Å². The number of anilines is 1. The first-order chi connectivity index (χ1) is 10.1. The first kappa shape index (κ1) is 14.3. The maximum atomic E-state index is 12.2. The molecule has 0 bridgehead atoms. The minimum absolute atomic E-state index is 0.0559. The average molecular weight is 309 g/mol. The fourth-order valence-electron chi connectivity index (χ4n) is 2.74. The minimum atomic E-state index is -0.795. The normalized spacial score (nSPS) is 22.1. The third kappa shape index (κ3) is 3.72. The third-order valence-electron chi connectivity index (χ3n) is 4.00. The molecule has 1 unspecified atom stereocenters. The van der Waals surface area contributed by atoms with Crippen molar-refractivity contribution in [3.05, 3.63) is 11.1 Å². The first-order valence-electron chi connectivity index (χ1n) is 7.35. The van der Waals surface area contributed by atoms with E-state index in [2.05, 4.69) is 10.3 Å². The number of urea groups is 1. The van der Waals surface area contributed by atoms with Gasteiger partial charge >= 0.3 is 12.0 Å². The number of amides is 2. The second kappa shape index (κ2) is 6.01. The Morgan fingerprint density at radius 1 is 1.43 bits per heavy atom. The molecule has 21 heavy (non-hydrogen) atoms. The highest BCUT2D eigenvalue weighted by molar-refractivity contribution is 7.13. The maximum absolute atomic E-state index is 12.2. The Kier molecular flexibility index (Phi) is 4.10. The number of carbonyl (C=O) groups excluding carboxylic acids is 1. The summed E-state index contributed by atoms with van der Waals surface area (Å²) in [4.78, 5) is 29.2. The molecule has 0 spiro atoms. The smallest absolute Gasteiger partial charge is 0.323 e. The second-order valence-corrected chi connectivity index (χ2v) is 6.69. The van der Waals surface area contributed by atoms with Crippen molar-refractivity contribution >= 4 is 28.5 Å². The SMILES string of the molecule is O=C(O)CC1CCCN(C(=O)Nc2nc(C3CC3)cs2)C1. The Morgan fingerprint density at radius 2 is 2.24 bits per heavy atom. The number of carboxylic acid groups (broad SMARTS) is 1. The molecule has 6 nitrogen and oxygen atoms in total. The van der Waals surface area contributed by atoms with Crippen molar-refractivity contribution in [2.24, 2.45) is 5.92 Å². The topological polar surface area (TPSA) is 82.5 Å². The van der Waals surface area contributed by atoms with E-state index in [9.17, 15) is 9.59 Å². The van der Waals surface area contributed by atoms with Gasteiger partial charge in [-0.1, -0.05) is 0 Å². The highest BCUT2D eigenvalue weighted by Gasteiger charge is 2.28. The lowest BCUT2D eigenvalue weighted by Crippen LogP contribution is -2.42. The number of carbonyl (C=O) groups is 2. The van der Waals surface area contributed by atoms with Crippen LogP contribution in [0, 0.1) is 5.92 Å². The van der Waals surface area contributed by atoms with Crippen LogP contribution in [-0.2, 0) is 4.79 Å². The monoisotopic (exact) mass is 309 g/mol. The van der Waals surface area contributed by atoms with Crippen LogP contribution in [0.2, 0.25) is 0 Å². The predicted octanol–water partition coefficient (Wildman–Crippen LogP) is 2.74. The third-order valence-corrected chi connectivity index (χ3v) is 4.78. The molecule has 3 rings (SSSR count). The fraction of sp³-hybridized carbons (Fsp3) is 0.643. The van der Waals surface area contributed by atoms with Crippen LogP contribution in [0.4, 0.5) is 9.93 Å². The number of aromatic nitrogens is 1. The molecule has 1 atom stereocenters. The van der Waals surface area contributed by atoms with Crippen LogP contribution in [0.1, 0.15) is 43.7 Å². The van der Waals surface area contributed by atoms with Gasteiger partial charge in [-0.05, 0) is 31.6 Å². The molecule has 1 aliphatic carbocycles. The highest BCUT2D eigenvalue weighted by Crippen LogP contribution is 2.40. The van der Waals surface area contributed by atoms with Crippen molar-refractivity contribution in [3.8, 4) is 0 Å². The van der Waals surface area contributed by atoms with E-state index in [0.717, 1.165) is 18.5 Å². The van der Waals surface area contributed by atoms with E-state index < -0.39 is 5.97 Å². The van der Waals surface area contributed by atoms with Crippen molar-refractivity contribution in [2.45, 2.75) is 38.0 Å². The van der Waals surface area contributed by atoms with E-state index in [0.29, 0.717) is 24.1 Å². The summed E-state index contributed by atoms with van der Waals surface area (Å²) >= 11 is 1.46. The van der Waals surface area contributed by atoms with Gasteiger partial charge in [-0.25, -0.2) is 9.78 Å². The summed E-state index contributed by atoms with van der Waals surface area (Å²) in [7, 11) is 0. The molecule has 1 aliphatic heterocycles. The molecular formula is C14H19N3O3S. The Labute approximate surface area is 127 Å². The summed E-state index contributed by atoms with van der Waals surface area (Å²) in [6.07, 6.45) is 4.25. The molecule has 0 aromatic carbocycles. The summed E-state index contributed by atoms with van der Waals surface area (Å²) in [5.41, 5.74) is 1.08. The molecule has 0 radical (unpaired) electrons. The molecule has 2 aliphatic rings. The molecule has 2 N–H and O–H groups in total. The number of carboxylic acids is 1. The minimum Gasteiger partial charge on any atom is -0.481 e. The molecule has 114 valence electrons. The molecule has 7 heteroatoms. The van der Waals surface area contributed by atoms with Crippen LogP contribution in [-0.4, -0.2) is 40.1 Å². The van der Waals surface area contributed by atoms with Crippen LogP contribution < -0.4 is 5.32 Å². The summed E-state index contributed by atoms with van der Waals surface area (Å²) in [5, 5.41) is 14.3. The lowest BCUT2D eigenvalue weighted by Gasteiger charge is -2.31. The zero-order valence-corrected chi connectivity index (χ0v) is 12.6. The average Bonchev–Trinajstić information content (AvgIpc) is 3.19. The molecule has 2 fully saturated rings. The Bertz CT molecular complexity index is 541. The van der Waals surface area contributed by atoms with Gasteiger partial charge in [0.25, 0.3) is 0 Å². The number of likely N-dealkylation sites (tertiary alicyclic amines) is 1. The molecule has 1 saturated carbocycles. The maximum Gasteiger partial charge on any atom is 0.323 e. The summed E-state index contributed by atoms with van der Waals surface area (Å²) < 4.78 is 0. The van der Waals surface area contributed by atoms with Gasteiger partial charge in [0.2, 0.25) is 0 Å². The quantitative estimate of drug-likeness (QED) is 0.896. The molecule has 2 heterocycles. The highest BCUT2D eigenvalue weighted by atomic mass is 32.1. The van der Waals surface area contributed by atoms with Crippen molar-refractivity contribution in [2.75, 3.05) is 18.4 Å². The van der Waals surface area contributed by atoms with Crippen LogP contribution in [0.15, 0.2) is 5.38 Å². The zero-order chi connectivity index (χ0) is 14.8. The van der Waals surface area contributed by atoms with Gasteiger partial charge in [0.15, 0.2) is 5.13 Å². The van der Waals surface area contributed by atoms with Gasteiger partial charge in [0.1, 0.15) is 0 Å².